The van der Waals surface area contributed by atoms with Crippen molar-refractivity contribution >= 4 is 11.3 Å². The minimum atomic E-state index is -4.33. The maximum atomic E-state index is 13.1. The minimum Gasteiger partial charge on any atom is -0.306 e. The summed E-state index contributed by atoms with van der Waals surface area (Å²) in [7, 11) is 0. The van der Waals surface area contributed by atoms with Crippen LogP contribution in [0, 0.1) is 0 Å². The number of nitrogens with one attached hydrogen (secondary N) is 1. The van der Waals surface area contributed by atoms with Crippen LogP contribution in [-0.4, -0.2) is 6.54 Å². The van der Waals surface area contributed by atoms with Gasteiger partial charge in [-0.05, 0) is 29.6 Å². The lowest BCUT2D eigenvalue weighted by Crippen LogP contribution is -2.24. The molecule has 0 aliphatic heterocycles. The molecule has 0 bridgehead atoms. The van der Waals surface area contributed by atoms with Crippen molar-refractivity contribution in [2.45, 2.75) is 19.1 Å². The van der Waals surface area contributed by atoms with Gasteiger partial charge in [-0.2, -0.15) is 13.2 Å². The molecule has 1 unspecified atom stereocenters. The fraction of sp³-hybridized carbons (Fsp3) is 0.286. The molecule has 0 aliphatic rings. The van der Waals surface area contributed by atoms with Crippen LogP contribution in [0.4, 0.5) is 13.2 Å². The van der Waals surface area contributed by atoms with E-state index in [-0.39, 0.29) is 5.56 Å². The topological polar surface area (TPSA) is 12.0 Å². The molecule has 5 heteroatoms. The Bertz CT molecular complexity index is 520. The highest BCUT2D eigenvalue weighted by Gasteiger charge is 2.35. The maximum absolute atomic E-state index is 13.1. The lowest BCUT2D eigenvalue weighted by atomic mass is 9.98. The normalized spacial score (nSPS) is 13.5. The Balaban J connectivity index is 2.48. The third-order valence-electron chi connectivity index (χ3n) is 2.81. The number of hydrogen-bond donors (Lipinski definition) is 1. The first-order valence-electron chi connectivity index (χ1n) is 5.97. The van der Waals surface area contributed by atoms with E-state index in [2.05, 4.69) is 5.32 Å². The molecule has 1 nitrogen and oxygen atoms in total. The highest BCUT2D eigenvalue weighted by molar-refractivity contribution is 7.10. The third-order valence-corrected chi connectivity index (χ3v) is 3.75. The van der Waals surface area contributed by atoms with Crippen molar-refractivity contribution < 1.29 is 13.2 Å². The summed E-state index contributed by atoms with van der Waals surface area (Å²) >= 11 is 1.46. The number of hydrogen-bond acceptors (Lipinski definition) is 2. The Morgan fingerprint density at radius 1 is 1.16 bits per heavy atom. The highest BCUT2D eigenvalue weighted by Crippen LogP contribution is 2.37. The molecule has 102 valence electrons. The Labute approximate surface area is 114 Å². The SMILES string of the molecule is CCNC(c1cccs1)c1ccccc1C(F)(F)F. The van der Waals surface area contributed by atoms with Crippen molar-refractivity contribution in [2.24, 2.45) is 0 Å². The van der Waals surface area contributed by atoms with Crippen LogP contribution in [0.1, 0.15) is 29.0 Å². The molecule has 1 atom stereocenters. The Morgan fingerprint density at radius 2 is 1.89 bits per heavy atom. The average Bonchev–Trinajstić information content (AvgIpc) is 2.88. The summed E-state index contributed by atoms with van der Waals surface area (Å²) in [5.41, 5.74) is -0.298. The first-order chi connectivity index (χ1) is 9.04. The second-order valence-electron chi connectivity index (χ2n) is 4.09. The van der Waals surface area contributed by atoms with Gasteiger partial charge < -0.3 is 5.32 Å². The first-order valence-corrected chi connectivity index (χ1v) is 6.85. The van der Waals surface area contributed by atoms with Crippen molar-refractivity contribution in [3.8, 4) is 0 Å². The zero-order valence-corrected chi connectivity index (χ0v) is 11.2. The lowest BCUT2D eigenvalue weighted by molar-refractivity contribution is -0.138. The van der Waals surface area contributed by atoms with E-state index < -0.39 is 17.8 Å². The van der Waals surface area contributed by atoms with Gasteiger partial charge in [0.2, 0.25) is 0 Å². The van der Waals surface area contributed by atoms with Gasteiger partial charge in [-0.15, -0.1) is 11.3 Å². The third kappa shape index (κ3) is 3.16. The molecular weight excluding hydrogens is 271 g/mol. The molecule has 0 aliphatic carbocycles. The Kier molecular flexibility index (Phi) is 4.27. The van der Waals surface area contributed by atoms with Crippen molar-refractivity contribution in [1.29, 1.82) is 0 Å². The molecular formula is C14H14F3NS. The zero-order chi connectivity index (χ0) is 13.9. The summed E-state index contributed by atoms with van der Waals surface area (Å²) in [5.74, 6) is 0. The van der Waals surface area contributed by atoms with E-state index in [4.69, 9.17) is 0 Å². The number of benzene rings is 1. The second kappa shape index (κ2) is 5.75. The van der Waals surface area contributed by atoms with E-state index in [1.54, 1.807) is 6.07 Å². The molecule has 0 saturated heterocycles. The largest absolute Gasteiger partial charge is 0.416 e. The molecule has 1 aromatic heterocycles. The van der Waals surface area contributed by atoms with Crippen LogP contribution in [0.5, 0.6) is 0 Å². The summed E-state index contributed by atoms with van der Waals surface area (Å²) in [6.07, 6.45) is -4.33. The van der Waals surface area contributed by atoms with Gasteiger partial charge in [0.1, 0.15) is 0 Å². The van der Waals surface area contributed by atoms with Gasteiger partial charge in [0.15, 0.2) is 0 Å². The van der Waals surface area contributed by atoms with Gasteiger partial charge in [-0.1, -0.05) is 31.2 Å². The molecule has 0 spiro atoms. The molecule has 0 radical (unpaired) electrons. The van der Waals surface area contributed by atoms with Crippen molar-refractivity contribution in [2.75, 3.05) is 6.54 Å². The minimum absolute atomic E-state index is 0.277. The van der Waals surface area contributed by atoms with Crippen molar-refractivity contribution in [1.82, 2.24) is 5.32 Å². The summed E-state index contributed by atoms with van der Waals surface area (Å²) in [4.78, 5) is 0.888. The van der Waals surface area contributed by atoms with Crippen molar-refractivity contribution in [3.63, 3.8) is 0 Å². The number of rotatable bonds is 4. The molecule has 2 rings (SSSR count). The molecule has 2 aromatic rings. The van der Waals surface area contributed by atoms with Gasteiger partial charge in [0.05, 0.1) is 11.6 Å². The van der Waals surface area contributed by atoms with E-state index >= 15 is 0 Å². The summed E-state index contributed by atoms with van der Waals surface area (Å²) < 4.78 is 39.2. The molecule has 0 fully saturated rings. The molecule has 1 N–H and O–H groups in total. The second-order valence-corrected chi connectivity index (χ2v) is 5.07. The smallest absolute Gasteiger partial charge is 0.306 e. The Morgan fingerprint density at radius 3 is 2.47 bits per heavy atom. The van der Waals surface area contributed by atoms with E-state index in [1.165, 1.54) is 23.5 Å². The number of alkyl halides is 3. The lowest BCUT2D eigenvalue weighted by Gasteiger charge is -2.21. The fourth-order valence-corrected chi connectivity index (χ4v) is 2.85. The molecule has 1 aromatic carbocycles. The van der Waals surface area contributed by atoms with Crippen LogP contribution < -0.4 is 5.32 Å². The standard InChI is InChI=1S/C14H14F3NS/c1-2-18-13(12-8-5-9-19-12)10-6-3-4-7-11(10)14(15,16)17/h3-9,13,18H,2H2,1H3. The van der Waals surface area contributed by atoms with Gasteiger partial charge >= 0.3 is 6.18 Å². The number of halogens is 3. The molecule has 1 heterocycles. The van der Waals surface area contributed by atoms with Crippen LogP contribution in [0.25, 0.3) is 0 Å². The van der Waals surface area contributed by atoms with Crippen LogP contribution >= 0.6 is 11.3 Å². The van der Waals surface area contributed by atoms with E-state index in [9.17, 15) is 13.2 Å². The summed E-state index contributed by atoms with van der Waals surface area (Å²) in [6.45, 7) is 2.49. The monoisotopic (exact) mass is 285 g/mol. The molecule has 0 saturated carbocycles. The van der Waals surface area contributed by atoms with Gasteiger partial charge in [0, 0.05) is 4.88 Å². The predicted octanol–water partition coefficient (Wildman–Crippen LogP) is 4.47. The maximum Gasteiger partial charge on any atom is 0.416 e. The highest BCUT2D eigenvalue weighted by atomic mass is 32.1. The quantitative estimate of drug-likeness (QED) is 0.874. The van der Waals surface area contributed by atoms with Crippen LogP contribution in [0.15, 0.2) is 41.8 Å². The van der Waals surface area contributed by atoms with Crippen LogP contribution in [0.2, 0.25) is 0 Å². The summed E-state index contributed by atoms with van der Waals surface area (Å²) in [5, 5.41) is 5.00. The van der Waals surface area contributed by atoms with E-state index in [0.29, 0.717) is 6.54 Å². The van der Waals surface area contributed by atoms with E-state index in [1.807, 2.05) is 24.4 Å². The molecule has 0 amide bonds. The fourth-order valence-electron chi connectivity index (χ4n) is 2.03. The zero-order valence-electron chi connectivity index (χ0n) is 10.4. The Hall–Kier alpha value is -1.33. The van der Waals surface area contributed by atoms with Gasteiger partial charge in [-0.3, -0.25) is 0 Å². The molecule has 19 heavy (non-hydrogen) atoms. The number of thiophene rings is 1. The average molecular weight is 285 g/mol. The van der Waals surface area contributed by atoms with Crippen LogP contribution in [0.3, 0.4) is 0 Å². The first kappa shape index (κ1) is 14.1. The van der Waals surface area contributed by atoms with Crippen LogP contribution in [-0.2, 0) is 6.18 Å². The van der Waals surface area contributed by atoms with Gasteiger partial charge in [-0.25, -0.2) is 0 Å². The van der Waals surface area contributed by atoms with Gasteiger partial charge in [0.25, 0.3) is 0 Å². The van der Waals surface area contributed by atoms with Crippen molar-refractivity contribution in [3.05, 3.63) is 57.8 Å². The predicted molar refractivity (Wildman–Crippen MR) is 71.3 cm³/mol. The summed E-state index contributed by atoms with van der Waals surface area (Å²) in [6, 6.07) is 9.02. The van der Waals surface area contributed by atoms with E-state index in [0.717, 1.165) is 10.9 Å².